The zero-order valence-corrected chi connectivity index (χ0v) is 17.0. The van der Waals surface area contributed by atoms with E-state index in [1.807, 2.05) is 25.0 Å². The largest absolute Gasteiger partial charge is 0.352 e. The third-order valence-electron chi connectivity index (χ3n) is 5.33. The molecule has 27 heavy (non-hydrogen) atoms. The van der Waals surface area contributed by atoms with Crippen LogP contribution in [-0.2, 0) is 20.1 Å². The summed E-state index contributed by atoms with van der Waals surface area (Å²) in [6, 6.07) is 8.81. The fourth-order valence-electron chi connectivity index (χ4n) is 3.65. The van der Waals surface area contributed by atoms with E-state index >= 15 is 0 Å². The van der Waals surface area contributed by atoms with Crippen molar-refractivity contribution in [3.63, 3.8) is 0 Å². The van der Waals surface area contributed by atoms with Crippen molar-refractivity contribution in [2.75, 3.05) is 33.7 Å². The molecule has 0 amide bonds. The number of hydrogen-bond donors (Lipinski definition) is 1. The van der Waals surface area contributed by atoms with E-state index in [1.54, 1.807) is 0 Å². The zero-order valence-electron chi connectivity index (χ0n) is 17.0. The molecule has 1 aromatic heterocycles. The molecule has 1 N–H and O–H groups in total. The molecule has 1 fully saturated rings. The Labute approximate surface area is 162 Å². The van der Waals surface area contributed by atoms with Gasteiger partial charge in [0.25, 0.3) is 0 Å². The molecule has 0 bridgehead atoms. The molecule has 1 aromatic carbocycles. The highest BCUT2D eigenvalue weighted by atomic mass is 15.3. The Kier molecular flexibility index (Phi) is 6.50. The number of hydrogen-bond acceptors (Lipinski definition) is 3. The van der Waals surface area contributed by atoms with Gasteiger partial charge in [-0.3, -0.25) is 9.67 Å². The van der Waals surface area contributed by atoms with Crippen molar-refractivity contribution in [1.82, 2.24) is 24.9 Å². The molecule has 2 aromatic rings. The Morgan fingerprint density at radius 2 is 2.19 bits per heavy atom. The number of aliphatic imine (C=N–C) groups is 1. The molecule has 1 aliphatic rings. The van der Waals surface area contributed by atoms with Crippen LogP contribution in [-0.4, -0.2) is 59.3 Å². The van der Waals surface area contributed by atoms with Gasteiger partial charge in [0.2, 0.25) is 0 Å². The van der Waals surface area contributed by atoms with Crippen LogP contribution in [0.2, 0.25) is 0 Å². The van der Waals surface area contributed by atoms with Crippen molar-refractivity contribution in [3.05, 3.63) is 53.3 Å². The second-order valence-corrected chi connectivity index (χ2v) is 7.43. The minimum atomic E-state index is 0.533. The van der Waals surface area contributed by atoms with Gasteiger partial charge in [0.05, 0.1) is 6.20 Å². The van der Waals surface area contributed by atoms with E-state index in [4.69, 9.17) is 0 Å². The number of aromatic nitrogens is 2. The average molecular weight is 369 g/mol. The van der Waals surface area contributed by atoms with Crippen LogP contribution in [0.5, 0.6) is 0 Å². The van der Waals surface area contributed by atoms with Crippen molar-refractivity contribution < 1.29 is 0 Å². The van der Waals surface area contributed by atoms with E-state index in [2.05, 4.69) is 69.6 Å². The Morgan fingerprint density at radius 1 is 1.37 bits per heavy atom. The van der Waals surface area contributed by atoms with Gasteiger partial charge in [-0.2, -0.15) is 5.10 Å². The van der Waals surface area contributed by atoms with Crippen LogP contribution in [0.3, 0.4) is 0 Å². The summed E-state index contributed by atoms with van der Waals surface area (Å²) >= 11 is 0. The van der Waals surface area contributed by atoms with Crippen molar-refractivity contribution in [3.8, 4) is 0 Å². The zero-order chi connectivity index (χ0) is 19.2. The highest BCUT2D eigenvalue weighted by Gasteiger charge is 2.26. The smallest absolute Gasteiger partial charge is 0.193 e. The molecular weight excluding hydrogens is 336 g/mol. The van der Waals surface area contributed by atoms with Gasteiger partial charge in [-0.25, -0.2) is 0 Å². The van der Waals surface area contributed by atoms with Crippen LogP contribution in [0.4, 0.5) is 0 Å². The molecule has 1 saturated heterocycles. The molecule has 0 radical (unpaired) electrons. The van der Waals surface area contributed by atoms with Gasteiger partial charge >= 0.3 is 0 Å². The third kappa shape index (κ3) is 5.10. The van der Waals surface area contributed by atoms with Crippen LogP contribution in [0.15, 0.2) is 41.7 Å². The van der Waals surface area contributed by atoms with E-state index in [0.29, 0.717) is 5.92 Å². The van der Waals surface area contributed by atoms with Gasteiger partial charge in [-0.05, 0) is 36.7 Å². The molecule has 146 valence electrons. The molecular formula is C21H32N6. The Hall–Kier alpha value is -2.34. The van der Waals surface area contributed by atoms with Gasteiger partial charge in [0, 0.05) is 52.4 Å². The second-order valence-electron chi connectivity index (χ2n) is 7.43. The highest BCUT2D eigenvalue weighted by molar-refractivity contribution is 5.80. The number of aryl methyl sites for hydroxylation is 1. The Bertz CT molecular complexity index is 766. The average Bonchev–Trinajstić information content (AvgIpc) is 3.32. The van der Waals surface area contributed by atoms with E-state index in [9.17, 15) is 0 Å². The van der Waals surface area contributed by atoms with Gasteiger partial charge in [-0.15, -0.1) is 0 Å². The normalized spacial score (nSPS) is 17.7. The molecule has 6 heteroatoms. The predicted molar refractivity (Wildman–Crippen MR) is 111 cm³/mol. The summed E-state index contributed by atoms with van der Waals surface area (Å²) in [5.74, 6) is 1.52. The number of rotatable bonds is 6. The summed E-state index contributed by atoms with van der Waals surface area (Å²) in [7, 11) is 5.99. The molecule has 0 spiro atoms. The molecule has 1 aliphatic heterocycles. The Balaban J connectivity index is 1.56. The number of likely N-dealkylation sites (tertiary alicyclic amines) is 1. The summed E-state index contributed by atoms with van der Waals surface area (Å²) < 4.78 is 1.88. The highest BCUT2D eigenvalue weighted by Crippen LogP contribution is 2.26. The molecule has 2 heterocycles. The maximum atomic E-state index is 4.50. The number of nitrogens with zero attached hydrogens (tertiary/aromatic N) is 5. The van der Waals surface area contributed by atoms with Crippen LogP contribution in [0.1, 0.15) is 36.0 Å². The van der Waals surface area contributed by atoms with E-state index < -0.39 is 0 Å². The van der Waals surface area contributed by atoms with Gasteiger partial charge in [0.1, 0.15) is 0 Å². The first-order valence-corrected chi connectivity index (χ1v) is 9.79. The lowest BCUT2D eigenvalue weighted by Gasteiger charge is -2.22. The van der Waals surface area contributed by atoms with Gasteiger partial charge in [-0.1, -0.05) is 31.2 Å². The van der Waals surface area contributed by atoms with Crippen LogP contribution in [0, 0.1) is 0 Å². The number of guanidine groups is 1. The lowest BCUT2D eigenvalue weighted by molar-refractivity contribution is 0.345. The molecule has 1 unspecified atom stereocenters. The summed E-state index contributed by atoms with van der Waals surface area (Å²) in [5, 5.41) is 7.85. The van der Waals surface area contributed by atoms with Crippen LogP contribution < -0.4 is 5.32 Å². The van der Waals surface area contributed by atoms with Crippen molar-refractivity contribution >= 4 is 5.96 Å². The quantitative estimate of drug-likeness (QED) is 0.628. The summed E-state index contributed by atoms with van der Waals surface area (Å²) in [4.78, 5) is 9.17. The minimum absolute atomic E-state index is 0.533. The maximum absolute atomic E-state index is 4.50. The number of benzene rings is 1. The fraction of sp³-hybridized carbons (Fsp3) is 0.524. The first-order valence-electron chi connectivity index (χ1n) is 9.79. The maximum Gasteiger partial charge on any atom is 0.193 e. The number of nitrogens with one attached hydrogen (secondary N) is 1. The lowest BCUT2D eigenvalue weighted by atomic mass is 10.0. The molecule has 3 rings (SSSR count). The fourth-order valence-corrected chi connectivity index (χ4v) is 3.65. The van der Waals surface area contributed by atoms with Gasteiger partial charge < -0.3 is 15.1 Å². The van der Waals surface area contributed by atoms with Gasteiger partial charge in [0.15, 0.2) is 5.96 Å². The standard InChI is InChI=1S/C21H32N6/c1-5-25(3)14-18-8-6-7-17(11-18)12-23-21(22-2)27-10-9-19(16-27)20-13-24-26(4)15-20/h6-8,11,13,15,19H,5,9-10,12,14,16H2,1-4H3,(H,22,23). The first-order chi connectivity index (χ1) is 13.1. The van der Waals surface area contributed by atoms with Crippen molar-refractivity contribution in [1.29, 1.82) is 0 Å². The van der Waals surface area contributed by atoms with E-state index in [-0.39, 0.29) is 0 Å². The summed E-state index contributed by atoms with van der Waals surface area (Å²) in [6.45, 7) is 7.04. The molecule has 0 aliphatic carbocycles. The third-order valence-corrected chi connectivity index (χ3v) is 5.33. The summed E-state index contributed by atoms with van der Waals surface area (Å²) in [6.07, 6.45) is 5.26. The topological polar surface area (TPSA) is 48.7 Å². The molecule has 0 saturated carbocycles. The van der Waals surface area contributed by atoms with Crippen molar-refractivity contribution in [2.45, 2.75) is 32.4 Å². The summed E-state index contributed by atoms with van der Waals surface area (Å²) in [5.41, 5.74) is 3.97. The molecule has 6 nitrogen and oxygen atoms in total. The minimum Gasteiger partial charge on any atom is -0.352 e. The van der Waals surface area contributed by atoms with Crippen LogP contribution in [0.25, 0.3) is 0 Å². The SMILES string of the molecule is CCN(C)Cc1cccc(CNC(=NC)N2CCC(c3cnn(C)c3)C2)c1. The second kappa shape index (κ2) is 9.04. The van der Waals surface area contributed by atoms with Crippen molar-refractivity contribution in [2.24, 2.45) is 12.0 Å². The van der Waals surface area contributed by atoms with Crippen LogP contribution >= 0.6 is 0 Å². The van der Waals surface area contributed by atoms with E-state index in [1.165, 1.54) is 16.7 Å². The lowest BCUT2D eigenvalue weighted by Crippen LogP contribution is -2.39. The van der Waals surface area contributed by atoms with E-state index in [0.717, 1.165) is 45.1 Å². The molecule has 1 atom stereocenters. The monoisotopic (exact) mass is 368 g/mol. The first kappa shape index (κ1) is 19.4. The Morgan fingerprint density at radius 3 is 2.89 bits per heavy atom. The predicted octanol–water partition coefficient (Wildman–Crippen LogP) is 2.44.